The number of fused-ring (bicyclic) bond motifs is 10. The highest BCUT2D eigenvalue weighted by Crippen LogP contribution is 2.72. The Bertz CT molecular complexity index is 2020. The lowest BCUT2D eigenvalue weighted by Crippen LogP contribution is -2.64. The summed E-state index contributed by atoms with van der Waals surface area (Å²) in [5.41, 5.74) is -1.17. The van der Waals surface area contributed by atoms with E-state index in [1.165, 1.54) is 6.42 Å². The smallest absolute Gasteiger partial charge is 0.313 e. The Balaban J connectivity index is 1.07. The van der Waals surface area contributed by atoms with Crippen LogP contribution < -0.4 is 0 Å². The summed E-state index contributed by atoms with van der Waals surface area (Å²) >= 11 is 0. The van der Waals surface area contributed by atoms with Gasteiger partial charge < -0.3 is 35.3 Å². The van der Waals surface area contributed by atoms with Crippen molar-refractivity contribution in [3.8, 4) is 11.8 Å². The van der Waals surface area contributed by atoms with Crippen molar-refractivity contribution >= 4 is 11.8 Å². The molecule has 19 atom stereocenters. The predicted octanol–water partition coefficient (Wildman–Crippen LogP) is 7.42. The van der Waals surface area contributed by atoms with Gasteiger partial charge in [-0.05, 0) is 166 Å². The maximum absolute atomic E-state index is 14.6. The molecule has 1 aromatic rings. The summed E-state index contributed by atoms with van der Waals surface area (Å²) < 4.78 is 5.89. The third-order valence-electron chi connectivity index (χ3n) is 20.2. The molecule has 6 N–H and O–H groups in total. The van der Waals surface area contributed by atoms with Gasteiger partial charge >= 0.3 is 5.97 Å². The van der Waals surface area contributed by atoms with E-state index in [4.69, 9.17) is 4.74 Å². The summed E-state index contributed by atoms with van der Waals surface area (Å²) in [6.07, 6.45) is 17.5. The molecule has 1 saturated heterocycles. The lowest BCUT2D eigenvalue weighted by Gasteiger charge is -2.63. The van der Waals surface area contributed by atoms with E-state index in [1.54, 1.807) is 18.6 Å². The van der Waals surface area contributed by atoms with Gasteiger partial charge in [-0.2, -0.15) is 0 Å². The van der Waals surface area contributed by atoms with Crippen LogP contribution in [0.1, 0.15) is 142 Å². The van der Waals surface area contributed by atoms with Crippen molar-refractivity contribution in [3.05, 3.63) is 47.3 Å². The number of aromatic amines is 1. The van der Waals surface area contributed by atoms with Crippen LogP contribution in [0, 0.1) is 93.7 Å². The number of esters is 1. The summed E-state index contributed by atoms with van der Waals surface area (Å²) in [5, 5.41) is 61.7. The summed E-state index contributed by atoms with van der Waals surface area (Å²) in [7, 11) is 0. The van der Waals surface area contributed by atoms with Crippen molar-refractivity contribution in [2.75, 3.05) is 6.61 Å². The molecular formula is C53H73NO8. The minimum atomic E-state index is -1.56. The average Bonchev–Trinajstić information content (AvgIpc) is 4.06. The monoisotopic (exact) mass is 852 g/mol. The van der Waals surface area contributed by atoms with Crippen LogP contribution >= 0.6 is 0 Å². The molecule has 338 valence electrons. The number of aliphatic hydroxyl groups excluding tert-OH is 3. The number of carbonyl (C=O) groups excluding carboxylic acids is 2. The molecule has 9 heteroatoms. The minimum absolute atomic E-state index is 0.0471. The van der Waals surface area contributed by atoms with E-state index in [-0.39, 0.29) is 59.6 Å². The highest BCUT2D eigenvalue weighted by Gasteiger charge is 2.73. The fraction of sp³-hybridized carbons (Fsp3) is 0.774. The van der Waals surface area contributed by atoms with Gasteiger partial charge in [0.2, 0.25) is 0 Å². The Morgan fingerprint density at radius 1 is 0.887 bits per heavy atom. The number of rotatable bonds is 3. The molecule has 9 aliphatic rings. The first-order valence-corrected chi connectivity index (χ1v) is 24.8. The minimum Gasteiger partial charge on any atom is -0.465 e. The van der Waals surface area contributed by atoms with Crippen LogP contribution in [0.4, 0.5) is 0 Å². The Morgan fingerprint density at radius 2 is 1.68 bits per heavy atom. The first-order chi connectivity index (χ1) is 29.6. The van der Waals surface area contributed by atoms with Crippen molar-refractivity contribution in [2.45, 2.75) is 166 Å². The first-order valence-electron chi connectivity index (χ1n) is 24.8. The van der Waals surface area contributed by atoms with Crippen LogP contribution in [-0.2, 0) is 14.3 Å². The molecule has 9 nitrogen and oxygen atoms in total. The lowest BCUT2D eigenvalue weighted by atomic mass is 9.42. The Hall–Kier alpha value is -2.74. The van der Waals surface area contributed by atoms with E-state index >= 15 is 0 Å². The number of aliphatic hydroxyl groups is 5. The summed E-state index contributed by atoms with van der Waals surface area (Å²) in [6.45, 7) is 8.85. The number of H-pyrrole nitrogens is 1. The van der Waals surface area contributed by atoms with E-state index in [9.17, 15) is 35.1 Å². The van der Waals surface area contributed by atoms with Gasteiger partial charge in [0, 0.05) is 47.9 Å². The van der Waals surface area contributed by atoms with Gasteiger partial charge in [-0.25, -0.2) is 0 Å². The third kappa shape index (κ3) is 6.48. The van der Waals surface area contributed by atoms with E-state index in [0.717, 1.165) is 62.5 Å². The average molecular weight is 852 g/mol. The molecule has 19 unspecified atom stereocenters. The van der Waals surface area contributed by atoms with Gasteiger partial charge in [-0.3, -0.25) is 9.59 Å². The highest BCUT2D eigenvalue weighted by atomic mass is 16.5. The molecule has 1 aromatic heterocycles. The Labute approximate surface area is 368 Å². The lowest BCUT2D eigenvalue weighted by molar-refractivity contribution is -0.189. The molecule has 10 rings (SSSR count). The second-order valence-corrected chi connectivity index (χ2v) is 23.1. The van der Waals surface area contributed by atoms with Crippen molar-refractivity contribution in [3.63, 3.8) is 0 Å². The van der Waals surface area contributed by atoms with E-state index in [2.05, 4.69) is 43.7 Å². The van der Waals surface area contributed by atoms with Crippen LogP contribution in [0.5, 0.6) is 0 Å². The van der Waals surface area contributed by atoms with E-state index < -0.39 is 58.1 Å². The normalized spacial score (nSPS) is 50.6. The molecule has 0 spiro atoms. The second kappa shape index (κ2) is 15.7. The summed E-state index contributed by atoms with van der Waals surface area (Å²) in [4.78, 5) is 31.3. The quantitative estimate of drug-likeness (QED) is 0.104. The summed E-state index contributed by atoms with van der Waals surface area (Å²) in [5.74, 6) is 7.20. The van der Waals surface area contributed by atoms with Crippen LogP contribution in [0.15, 0.2) is 41.8 Å². The maximum Gasteiger partial charge on any atom is 0.313 e. The van der Waals surface area contributed by atoms with Crippen molar-refractivity contribution in [1.82, 2.24) is 4.98 Å². The molecule has 62 heavy (non-hydrogen) atoms. The summed E-state index contributed by atoms with van der Waals surface area (Å²) in [6, 6.07) is 1.98. The Kier molecular flexibility index (Phi) is 10.9. The molecule has 0 radical (unpaired) electrons. The number of aromatic nitrogens is 1. The van der Waals surface area contributed by atoms with Gasteiger partial charge in [0.05, 0.1) is 42.0 Å². The van der Waals surface area contributed by atoms with Crippen LogP contribution in [-0.4, -0.2) is 78.4 Å². The molecule has 8 aliphatic carbocycles. The zero-order valence-electron chi connectivity index (χ0n) is 37.6. The SMILES string of the molecule is CC1CCC2=CCC3C(C)CC(O)C(C)(O)C4C(CC#CC(C5COC(=O)C5c5cc[nH]c5)CC3C2C1)CC1(O)C2=CC(=O)C3CC(O)C(O)CC3(C3CCCC3)C2CCC41C. The van der Waals surface area contributed by atoms with E-state index in [0.29, 0.717) is 62.9 Å². The number of nitrogens with one attached hydrogen (secondary N) is 1. The fourth-order valence-corrected chi connectivity index (χ4v) is 17.3. The van der Waals surface area contributed by atoms with Crippen LogP contribution in [0.25, 0.3) is 0 Å². The zero-order valence-corrected chi connectivity index (χ0v) is 37.6. The molecule has 0 bridgehead atoms. The highest BCUT2D eigenvalue weighted by molar-refractivity contribution is 5.95. The zero-order chi connectivity index (χ0) is 43.5. The molecule has 0 aromatic carbocycles. The third-order valence-corrected chi connectivity index (χ3v) is 20.2. The number of ketones is 1. The molecule has 1 aliphatic heterocycles. The van der Waals surface area contributed by atoms with Gasteiger partial charge in [-0.1, -0.05) is 51.2 Å². The number of allylic oxidation sites excluding steroid dienone is 3. The van der Waals surface area contributed by atoms with Gasteiger partial charge in [0.25, 0.3) is 0 Å². The number of ether oxygens (including phenoxy) is 1. The van der Waals surface area contributed by atoms with Crippen molar-refractivity contribution in [2.24, 2.45) is 81.8 Å². The number of hydrogen-bond donors (Lipinski definition) is 6. The number of cyclic esters (lactones) is 1. The molecule has 5 saturated carbocycles. The van der Waals surface area contributed by atoms with Crippen LogP contribution in [0.3, 0.4) is 0 Å². The number of carbonyl (C=O) groups is 2. The molecule has 0 amide bonds. The standard InChI is InChI=1S/C53H73NO8/c1-29-12-13-31-14-15-36-30(2)21-46(58)51(4,60)48-33(9-7-8-32(22-38(36)37(31)20-29)39-28-62-49(59)47(39)34-17-19-54-27-34)25-53(61)41-23-43(55)42-24-44(56)45(57)26-52(42,35-10-5-6-11-35)40(41)16-18-50(48,53)3/h14,17,19,23,27,29-30,32-33,35-40,42,44-48,54,56-58,60-61H,5-6,9-13,15-16,18,20-22,24-26,28H2,1-4H3. The van der Waals surface area contributed by atoms with Gasteiger partial charge in [-0.15, -0.1) is 5.92 Å². The second-order valence-electron chi connectivity index (χ2n) is 23.1. The van der Waals surface area contributed by atoms with Crippen molar-refractivity contribution < 1.29 is 39.9 Å². The fourth-order valence-electron chi connectivity index (χ4n) is 17.3. The topological polar surface area (TPSA) is 160 Å². The molecule has 6 fully saturated rings. The Morgan fingerprint density at radius 3 is 2.44 bits per heavy atom. The molecule has 2 heterocycles. The predicted molar refractivity (Wildman–Crippen MR) is 235 cm³/mol. The van der Waals surface area contributed by atoms with Gasteiger partial charge in [0.1, 0.15) is 0 Å². The molecular weight excluding hydrogens is 779 g/mol. The first kappa shape index (κ1) is 43.2. The van der Waals surface area contributed by atoms with Crippen molar-refractivity contribution in [1.29, 1.82) is 0 Å². The van der Waals surface area contributed by atoms with Gasteiger partial charge in [0.15, 0.2) is 5.78 Å². The number of hydrogen-bond acceptors (Lipinski definition) is 8. The van der Waals surface area contributed by atoms with E-state index in [1.807, 2.05) is 18.5 Å². The maximum atomic E-state index is 14.6. The van der Waals surface area contributed by atoms with Crippen LogP contribution in [0.2, 0.25) is 0 Å². The largest absolute Gasteiger partial charge is 0.465 e.